The van der Waals surface area contributed by atoms with Crippen LogP contribution in [-0.2, 0) is 30.4 Å². The third kappa shape index (κ3) is 5.69. The maximum Gasteiger partial charge on any atom is 0.320 e. The van der Waals surface area contributed by atoms with Crippen LogP contribution in [0.2, 0.25) is 0 Å². The van der Waals surface area contributed by atoms with Gasteiger partial charge in [-0.1, -0.05) is 36.4 Å². The number of methoxy groups -OCH3 is 2. The van der Waals surface area contributed by atoms with Crippen LogP contribution in [0.25, 0.3) is 0 Å². The van der Waals surface area contributed by atoms with Crippen molar-refractivity contribution in [1.82, 2.24) is 0 Å². The molecule has 0 aliphatic carbocycles. The number of benzene rings is 1. The fourth-order valence-corrected chi connectivity index (χ4v) is 1.99. The molecule has 120 valence electrons. The first-order valence-corrected chi connectivity index (χ1v) is 7.06. The van der Waals surface area contributed by atoms with Crippen molar-refractivity contribution in [2.24, 2.45) is 5.92 Å². The van der Waals surface area contributed by atoms with Crippen LogP contribution in [0.15, 0.2) is 43.0 Å². The largest absolute Gasteiger partial charge is 0.468 e. The molecule has 22 heavy (non-hydrogen) atoms. The molecule has 0 radical (unpaired) electrons. The van der Waals surface area contributed by atoms with Crippen molar-refractivity contribution >= 4 is 11.9 Å². The Bertz CT molecular complexity index is 467. The Labute approximate surface area is 130 Å². The van der Waals surface area contributed by atoms with Gasteiger partial charge in [0.15, 0.2) is 5.92 Å². The molecule has 0 fully saturated rings. The van der Waals surface area contributed by atoms with Crippen LogP contribution in [0.4, 0.5) is 0 Å². The van der Waals surface area contributed by atoms with Gasteiger partial charge in [-0.25, -0.2) is 0 Å². The highest BCUT2D eigenvalue weighted by atomic mass is 16.5. The lowest BCUT2D eigenvalue weighted by Crippen LogP contribution is -2.27. The second kappa shape index (κ2) is 9.73. The summed E-state index contributed by atoms with van der Waals surface area (Å²) >= 11 is 0. The van der Waals surface area contributed by atoms with Crippen LogP contribution in [0, 0.1) is 5.92 Å². The first-order chi connectivity index (χ1) is 10.6. The van der Waals surface area contributed by atoms with Gasteiger partial charge in [0, 0.05) is 0 Å². The highest BCUT2D eigenvalue weighted by molar-refractivity contribution is 5.94. The number of ether oxygens (including phenoxy) is 3. The monoisotopic (exact) mass is 306 g/mol. The molecule has 0 spiro atoms. The molecule has 0 aliphatic rings. The van der Waals surface area contributed by atoms with Gasteiger partial charge in [0.1, 0.15) is 0 Å². The minimum atomic E-state index is -0.933. The molecule has 1 aromatic rings. The maximum atomic E-state index is 11.6. The number of hydrogen-bond donors (Lipinski definition) is 0. The SMILES string of the molecule is C=C[C@H](CCC(C(=O)OC)C(=O)OC)OCc1ccccc1. The Morgan fingerprint density at radius 1 is 1.09 bits per heavy atom. The molecule has 1 atom stereocenters. The van der Waals surface area contributed by atoms with E-state index < -0.39 is 17.9 Å². The summed E-state index contributed by atoms with van der Waals surface area (Å²) in [6.07, 6.45) is 2.17. The van der Waals surface area contributed by atoms with Gasteiger partial charge in [-0.05, 0) is 18.4 Å². The Morgan fingerprint density at radius 2 is 1.68 bits per heavy atom. The quantitative estimate of drug-likeness (QED) is 0.398. The summed E-state index contributed by atoms with van der Waals surface area (Å²) in [5.74, 6) is -2.13. The van der Waals surface area contributed by atoms with E-state index in [4.69, 9.17) is 4.74 Å². The molecular formula is C17H22O5. The topological polar surface area (TPSA) is 61.8 Å². The van der Waals surface area contributed by atoms with E-state index in [1.54, 1.807) is 6.08 Å². The summed E-state index contributed by atoms with van der Waals surface area (Å²) in [6, 6.07) is 9.74. The molecule has 0 aliphatic heterocycles. The van der Waals surface area contributed by atoms with Gasteiger partial charge in [-0.3, -0.25) is 9.59 Å². The van der Waals surface area contributed by atoms with Gasteiger partial charge in [0.2, 0.25) is 0 Å². The molecule has 0 saturated heterocycles. The average Bonchev–Trinajstić information content (AvgIpc) is 2.57. The van der Waals surface area contributed by atoms with E-state index in [1.807, 2.05) is 30.3 Å². The molecule has 0 N–H and O–H groups in total. The first-order valence-electron chi connectivity index (χ1n) is 7.06. The average molecular weight is 306 g/mol. The van der Waals surface area contributed by atoms with Gasteiger partial charge in [-0.2, -0.15) is 0 Å². The molecule has 0 aromatic heterocycles. The number of rotatable bonds is 9. The fourth-order valence-electron chi connectivity index (χ4n) is 1.99. The van der Waals surface area contributed by atoms with Crippen LogP contribution in [0.1, 0.15) is 18.4 Å². The third-order valence-electron chi connectivity index (χ3n) is 3.28. The molecular weight excluding hydrogens is 284 g/mol. The van der Waals surface area contributed by atoms with E-state index in [0.717, 1.165) is 5.56 Å². The van der Waals surface area contributed by atoms with E-state index in [0.29, 0.717) is 13.0 Å². The van der Waals surface area contributed by atoms with Crippen LogP contribution in [0.3, 0.4) is 0 Å². The summed E-state index contributed by atoms with van der Waals surface area (Å²) in [5.41, 5.74) is 1.05. The van der Waals surface area contributed by atoms with E-state index in [9.17, 15) is 9.59 Å². The van der Waals surface area contributed by atoms with Crippen molar-refractivity contribution in [3.8, 4) is 0 Å². The van der Waals surface area contributed by atoms with Crippen LogP contribution in [0.5, 0.6) is 0 Å². The molecule has 0 bridgehead atoms. The maximum absolute atomic E-state index is 11.6. The van der Waals surface area contributed by atoms with Crippen molar-refractivity contribution < 1.29 is 23.8 Å². The summed E-state index contributed by atoms with van der Waals surface area (Å²) in [5, 5.41) is 0. The summed E-state index contributed by atoms with van der Waals surface area (Å²) < 4.78 is 15.0. The Balaban J connectivity index is 2.52. The Morgan fingerprint density at radius 3 is 2.18 bits per heavy atom. The zero-order valence-corrected chi connectivity index (χ0v) is 13.0. The van der Waals surface area contributed by atoms with E-state index in [1.165, 1.54) is 14.2 Å². The lowest BCUT2D eigenvalue weighted by Gasteiger charge is -2.17. The fraction of sp³-hybridized carbons (Fsp3) is 0.412. The zero-order chi connectivity index (χ0) is 16.4. The third-order valence-corrected chi connectivity index (χ3v) is 3.28. The highest BCUT2D eigenvalue weighted by Gasteiger charge is 2.29. The molecule has 0 heterocycles. The van der Waals surface area contributed by atoms with E-state index >= 15 is 0 Å². The molecule has 5 nitrogen and oxygen atoms in total. The molecule has 0 unspecified atom stereocenters. The van der Waals surface area contributed by atoms with Crippen LogP contribution in [-0.4, -0.2) is 32.3 Å². The van der Waals surface area contributed by atoms with Gasteiger partial charge in [-0.15, -0.1) is 6.58 Å². The first kappa shape index (κ1) is 17.9. The molecule has 0 amide bonds. The second-order valence-corrected chi connectivity index (χ2v) is 4.75. The van der Waals surface area contributed by atoms with Gasteiger partial charge in [0.25, 0.3) is 0 Å². The van der Waals surface area contributed by atoms with Crippen molar-refractivity contribution in [1.29, 1.82) is 0 Å². The van der Waals surface area contributed by atoms with Crippen molar-refractivity contribution in [2.75, 3.05) is 14.2 Å². The minimum absolute atomic E-state index is 0.253. The minimum Gasteiger partial charge on any atom is -0.468 e. The molecule has 1 aromatic carbocycles. The highest BCUT2D eigenvalue weighted by Crippen LogP contribution is 2.16. The lowest BCUT2D eigenvalue weighted by atomic mass is 10.0. The Kier molecular flexibility index (Phi) is 7.92. The second-order valence-electron chi connectivity index (χ2n) is 4.75. The van der Waals surface area contributed by atoms with Crippen molar-refractivity contribution in [2.45, 2.75) is 25.6 Å². The normalized spacial score (nSPS) is 11.8. The van der Waals surface area contributed by atoms with Gasteiger partial charge < -0.3 is 14.2 Å². The van der Waals surface area contributed by atoms with E-state index in [-0.39, 0.29) is 12.5 Å². The van der Waals surface area contributed by atoms with Crippen molar-refractivity contribution in [3.63, 3.8) is 0 Å². The van der Waals surface area contributed by atoms with Crippen LogP contribution < -0.4 is 0 Å². The summed E-state index contributed by atoms with van der Waals surface area (Å²) in [7, 11) is 2.49. The molecule has 5 heteroatoms. The number of carbonyl (C=O) groups is 2. The predicted molar refractivity (Wildman–Crippen MR) is 82.0 cm³/mol. The van der Waals surface area contributed by atoms with E-state index in [2.05, 4.69) is 16.1 Å². The predicted octanol–water partition coefficient (Wildman–Crippen LogP) is 2.50. The molecule has 0 saturated carbocycles. The standard InChI is InChI=1S/C17H22O5/c1-4-14(22-12-13-8-6-5-7-9-13)10-11-15(16(18)20-2)17(19)21-3/h4-9,14-15H,1,10-12H2,2-3H3/t14-/m1/s1. The number of hydrogen-bond acceptors (Lipinski definition) is 5. The van der Waals surface area contributed by atoms with Gasteiger partial charge >= 0.3 is 11.9 Å². The summed E-state index contributed by atoms with van der Waals surface area (Å²) in [4.78, 5) is 23.2. The Hall–Kier alpha value is -2.14. The summed E-state index contributed by atoms with van der Waals surface area (Å²) in [6.45, 7) is 4.17. The number of esters is 2. The number of carbonyl (C=O) groups excluding carboxylic acids is 2. The van der Waals surface area contributed by atoms with Gasteiger partial charge in [0.05, 0.1) is 26.9 Å². The van der Waals surface area contributed by atoms with Crippen molar-refractivity contribution in [3.05, 3.63) is 48.6 Å². The zero-order valence-electron chi connectivity index (χ0n) is 13.0. The van der Waals surface area contributed by atoms with Crippen LogP contribution >= 0.6 is 0 Å². The molecule has 1 rings (SSSR count). The smallest absolute Gasteiger partial charge is 0.320 e. The lowest BCUT2D eigenvalue weighted by molar-refractivity contribution is -0.159.